The van der Waals surface area contributed by atoms with Crippen LogP contribution in [0.3, 0.4) is 0 Å². The zero-order chi connectivity index (χ0) is 22.3. The fourth-order valence-corrected chi connectivity index (χ4v) is 4.37. The molecule has 4 rings (SSSR count). The molecule has 1 aromatic heterocycles. The van der Waals surface area contributed by atoms with E-state index in [4.69, 9.17) is 28.3 Å². The predicted octanol–water partition coefficient (Wildman–Crippen LogP) is 3.79. The number of aromatic nitrogens is 2. The maximum Gasteiger partial charge on any atom is 0.323 e. The van der Waals surface area contributed by atoms with Crippen LogP contribution in [0.5, 0.6) is 0 Å². The van der Waals surface area contributed by atoms with E-state index in [1.807, 2.05) is 0 Å². The quantitative estimate of drug-likeness (QED) is 0.457. The van der Waals surface area contributed by atoms with Crippen molar-refractivity contribution in [2.75, 3.05) is 18.4 Å². The molecule has 3 aromatic rings. The molecule has 0 amide bonds. The minimum absolute atomic E-state index is 0. The molecule has 1 aliphatic heterocycles. The molecule has 2 heterocycles. The molecule has 1 unspecified atom stereocenters. The summed E-state index contributed by atoms with van der Waals surface area (Å²) < 4.78 is 30.4. The van der Waals surface area contributed by atoms with Crippen LogP contribution >= 0.6 is 35.6 Å². The van der Waals surface area contributed by atoms with Gasteiger partial charge in [0.15, 0.2) is 5.82 Å². The summed E-state index contributed by atoms with van der Waals surface area (Å²) >= 11 is 12.4. The van der Waals surface area contributed by atoms with Crippen molar-refractivity contribution in [3.63, 3.8) is 0 Å². The van der Waals surface area contributed by atoms with Crippen molar-refractivity contribution in [2.24, 2.45) is 0 Å². The van der Waals surface area contributed by atoms with Gasteiger partial charge in [0, 0.05) is 17.8 Å². The van der Waals surface area contributed by atoms with Crippen molar-refractivity contribution in [1.29, 1.82) is 0 Å². The van der Waals surface area contributed by atoms with E-state index in [-0.39, 0.29) is 51.2 Å². The van der Waals surface area contributed by atoms with Gasteiger partial charge in [0.1, 0.15) is 17.9 Å². The second kappa shape index (κ2) is 9.19. The SMILES string of the molecule is Cl.O=C(O)Cn1cnc2c(F)cc(NC3(c4c(F)ccc(Cl)c4Cl)CCNC3)cc2c1=O. The first-order chi connectivity index (χ1) is 14.7. The van der Waals surface area contributed by atoms with E-state index >= 15 is 0 Å². The normalized spacial score (nSPS) is 17.9. The van der Waals surface area contributed by atoms with Gasteiger partial charge in [-0.1, -0.05) is 23.2 Å². The summed E-state index contributed by atoms with van der Waals surface area (Å²) in [6.45, 7) is 0.205. The van der Waals surface area contributed by atoms with Crippen molar-refractivity contribution in [3.05, 3.63) is 68.2 Å². The van der Waals surface area contributed by atoms with Crippen LogP contribution in [0.15, 0.2) is 35.4 Å². The lowest BCUT2D eigenvalue weighted by molar-refractivity contribution is -0.137. The molecule has 0 aliphatic carbocycles. The lowest BCUT2D eigenvalue weighted by atomic mass is 9.87. The summed E-state index contributed by atoms with van der Waals surface area (Å²) in [6, 6.07) is 5.07. The number of anilines is 1. The number of rotatable bonds is 5. The number of fused-ring (bicyclic) bond motifs is 1. The molecule has 0 bridgehead atoms. The summed E-state index contributed by atoms with van der Waals surface area (Å²) in [5.41, 5.74) is -1.62. The number of hydrogen-bond acceptors (Lipinski definition) is 5. The maximum atomic E-state index is 14.8. The lowest BCUT2D eigenvalue weighted by Gasteiger charge is -2.33. The molecule has 2 aromatic carbocycles. The van der Waals surface area contributed by atoms with Crippen molar-refractivity contribution in [1.82, 2.24) is 14.9 Å². The Kier molecular flexibility index (Phi) is 6.94. The molecule has 32 heavy (non-hydrogen) atoms. The van der Waals surface area contributed by atoms with Gasteiger partial charge in [0.05, 0.1) is 27.3 Å². The topological polar surface area (TPSA) is 96.2 Å². The Morgan fingerprint density at radius 1 is 1.28 bits per heavy atom. The molecule has 0 radical (unpaired) electrons. The number of hydrogen-bond donors (Lipinski definition) is 3. The zero-order valence-electron chi connectivity index (χ0n) is 16.3. The van der Waals surface area contributed by atoms with Crippen LogP contribution in [0.1, 0.15) is 12.0 Å². The van der Waals surface area contributed by atoms with Gasteiger partial charge < -0.3 is 15.7 Å². The molecule has 1 saturated heterocycles. The minimum Gasteiger partial charge on any atom is -0.480 e. The first-order valence-corrected chi connectivity index (χ1v) is 10.0. The number of carboxylic acids is 1. The molecule has 1 aliphatic rings. The van der Waals surface area contributed by atoms with E-state index in [0.29, 0.717) is 13.0 Å². The first kappa shape index (κ1) is 24.2. The smallest absolute Gasteiger partial charge is 0.323 e. The zero-order valence-corrected chi connectivity index (χ0v) is 18.6. The average molecular weight is 506 g/mol. The predicted molar refractivity (Wildman–Crippen MR) is 120 cm³/mol. The number of carboxylic acid groups (broad SMARTS) is 1. The van der Waals surface area contributed by atoms with Crippen LogP contribution in [0.4, 0.5) is 14.5 Å². The first-order valence-electron chi connectivity index (χ1n) is 9.25. The van der Waals surface area contributed by atoms with Gasteiger partial charge >= 0.3 is 5.97 Å². The highest BCUT2D eigenvalue weighted by atomic mass is 35.5. The van der Waals surface area contributed by atoms with Gasteiger partial charge in [0.25, 0.3) is 5.56 Å². The van der Waals surface area contributed by atoms with Crippen LogP contribution in [-0.2, 0) is 16.9 Å². The van der Waals surface area contributed by atoms with Crippen LogP contribution < -0.4 is 16.2 Å². The van der Waals surface area contributed by atoms with Gasteiger partial charge in [-0.15, -0.1) is 12.4 Å². The second-order valence-electron chi connectivity index (χ2n) is 7.28. The fourth-order valence-electron chi connectivity index (χ4n) is 3.87. The van der Waals surface area contributed by atoms with Crippen LogP contribution in [0, 0.1) is 11.6 Å². The summed E-state index contributed by atoms with van der Waals surface area (Å²) in [7, 11) is 0. The molecule has 1 fully saturated rings. The number of aliphatic carboxylic acids is 1. The Labute approximate surface area is 196 Å². The fraction of sp³-hybridized carbons (Fsp3) is 0.250. The van der Waals surface area contributed by atoms with Gasteiger partial charge in [-0.2, -0.15) is 0 Å². The summed E-state index contributed by atoms with van der Waals surface area (Å²) in [4.78, 5) is 27.5. The van der Waals surface area contributed by atoms with Crippen molar-refractivity contribution in [2.45, 2.75) is 18.5 Å². The Morgan fingerprint density at radius 2 is 2.03 bits per heavy atom. The van der Waals surface area contributed by atoms with Gasteiger partial charge in [0.2, 0.25) is 0 Å². The second-order valence-corrected chi connectivity index (χ2v) is 8.06. The number of benzene rings is 2. The van der Waals surface area contributed by atoms with E-state index in [9.17, 15) is 18.4 Å². The van der Waals surface area contributed by atoms with Crippen molar-refractivity contribution in [3.8, 4) is 0 Å². The van der Waals surface area contributed by atoms with Crippen LogP contribution in [0.2, 0.25) is 10.0 Å². The third-order valence-corrected chi connectivity index (χ3v) is 6.05. The van der Waals surface area contributed by atoms with E-state index < -0.39 is 35.2 Å². The Balaban J connectivity index is 0.00000289. The molecule has 7 nitrogen and oxygen atoms in total. The van der Waals surface area contributed by atoms with E-state index in [2.05, 4.69) is 15.6 Å². The average Bonchev–Trinajstić information content (AvgIpc) is 3.16. The van der Waals surface area contributed by atoms with Gasteiger partial charge in [-0.3, -0.25) is 14.2 Å². The Bertz CT molecular complexity index is 1260. The molecule has 170 valence electrons. The number of carbonyl (C=O) groups is 1. The molecule has 3 N–H and O–H groups in total. The molecule has 0 saturated carbocycles. The van der Waals surface area contributed by atoms with Gasteiger partial charge in [-0.05, 0) is 37.2 Å². The third kappa shape index (κ3) is 4.25. The van der Waals surface area contributed by atoms with E-state index in [1.165, 1.54) is 18.2 Å². The largest absolute Gasteiger partial charge is 0.480 e. The summed E-state index contributed by atoms with van der Waals surface area (Å²) in [5.74, 6) is -2.59. The van der Waals surface area contributed by atoms with Crippen molar-refractivity contribution < 1.29 is 18.7 Å². The number of nitrogens with one attached hydrogen (secondary N) is 2. The van der Waals surface area contributed by atoms with E-state index in [0.717, 1.165) is 17.0 Å². The van der Waals surface area contributed by atoms with E-state index in [1.54, 1.807) is 0 Å². The highest BCUT2D eigenvalue weighted by molar-refractivity contribution is 6.42. The molecular weight excluding hydrogens is 489 g/mol. The summed E-state index contributed by atoms with van der Waals surface area (Å²) in [5, 5.41) is 15.3. The van der Waals surface area contributed by atoms with Crippen LogP contribution in [0.25, 0.3) is 10.9 Å². The minimum atomic E-state index is -1.24. The third-order valence-electron chi connectivity index (χ3n) is 5.25. The molecular formula is C20H17Cl3F2N4O3. The standard InChI is InChI=1S/C20H16Cl2F2N4O3.ClH/c21-12-1-2-13(23)16(17(12)22)20(3-4-25-8-20)27-10-5-11-18(14(24)6-10)26-9-28(19(11)31)7-15(29)30;/h1-2,5-6,9,25,27H,3-4,7-8H2,(H,29,30);1H. The maximum absolute atomic E-state index is 14.8. The van der Waals surface area contributed by atoms with Gasteiger partial charge in [-0.25, -0.2) is 13.8 Å². The lowest BCUT2D eigenvalue weighted by Crippen LogP contribution is -2.39. The molecule has 1 atom stereocenters. The highest BCUT2D eigenvalue weighted by Crippen LogP contribution is 2.41. The monoisotopic (exact) mass is 504 g/mol. The molecule has 0 spiro atoms. The number of halogens is 5. The Hall–Kier alpha value is -2.46. The highest BCUT2D eigenvalue weighted by Gasteiger charge is 2.40. The van der Waals surface area contributed by atoms with Crippen molar-refractivity contribution >= 4 is 58.2 Å². The number of nitrogens with zero attached hydrogens (tertiary/aromatic N) is 2. The van der Waals surface area contributed by atoms with Crippen LogP contribution in [-0.4, -0.2) is 33.7 Å². The Morgan fingerprint density at radius 3 is 2.69 bits per heavy atom. The molecule has 12 heteroatoms. The summed E-state index contributed by atoms with van der Waals surface area (Å²) in [6.07, 6.45) is 1.40.